The molecule has 1 saturated heterocycles. The lowest BCUT2D eigenvalue weighted by molar-refractivity contribution is -0.122. The molecule has 3 amide bonds. The van der Waals surface area contributed by atoms with Crippen molar-refractivity contribution in [2.24, 2.45) is 0 Å². The average Bonchev–Trinajstić information content (AvgIpc) is 2.76. The van der Waals surface area contributed by atoms with Gasteiger partial charge >= 0.3 is 6.03 Å². The van der Waals surface area contributed by atoms with Gasteiger partial charge in [0.05, 0.1) is 16.5 Å². The van der Waals surface area contributed by atoms with Crippen LogP contribution in [0, 0.1) is 6.92 Å². The minimum Gasteiger partial charge on any atom is -0.482 e. The van der Waals surface area contributed by atoms with E-state index in [-0.39, 0.29) is 11.5 Å². The Kier molecular flexibility index (Phi) is 6.11. The van der Waals surface area contributed by atoms with Crippen molar-refractivity contribution >= 4 is 49.3 Å². The van der Waals surface area contributed by atoms with Gasteiger partial charge in [0, 0.05) is 10.5 Å². The smallest absolute Gasteiger partial charge is 0.321 e. The molecule has 1 fully saturated rings. The Balaban J connectivity index is 1.82. The Morgan fingerprint density at radius 3 is 2.71 bits per heavy atom. The lowest BCUT2D eigenvalue weighted by Gasteiger charge is -2.13. The minimum atomic E-state index is -3.10. The van der Waals surface area contributed by atoms with E-state index in [2.05, 4.69) is 26.6 Å². The summed E-state index contributed by atoms with van der Waals surface area (Å²) in [5, 5.41) is 4.89. The normalized spacial score (nSPS) is 18.9. The minimum absolute atomic E-state index is 0.0380. The van der Waals surface area contributed by atoms with Crippen LogP contribution in [0.2, 0.25) is 5.02 Å². The Hall–Kier alpha value is -1.32. The highest BCUT2D eigenvalue weighted by atomic mass is 79.9. The molecule has 1 aromatic rings. The maximum absolute atomic E-state index is 11.7. The number of amides is 3. The Morgan fingerprint density at radius 2 is 2.12 bits per heavy atom. The van der Waals surface area contributed by atoms with Crippen LogP contribution in [-0.2, 0) is 14.6 Å². The summed E-state index contributed by atoms with van der Waals surface area (Å²) < 4.78 is 28.8. The number of urea groups is 1. The number of halogens is 2. The predicted octanol–water partition coefficient (Wildman–Crippen LogP) is 1.80. The van der Waals surface area contributed by atoms with Gasteiger partial charge in [-0.2, -0.15) is 0 Å². The summed E-state index contributed by atoms with van der Waals surface area (Å²) in [6, 6.07) is 2.19. The fourth-order valence-electron chi connectivity index (χ4n) is 2.30. The van der Waals surface area contributed by atoms with E-state index in [9.17, 15) is 18.0 Å². The Bertz CT molecular complexity index is 745. The van der Waals surface area contributed by atoms with Gasteiger partial charge in [-0.3, -0.25) is 10.1 Å². The van der Waals surface area contributed by atoms with Gasteiger partial charge in [-0.25, -0.2) is 13.2 Å². The van der Waals surface area contributed by atoms with Gasteiger partial charge in [0.2, 0.25) is 0 Å². The number of carbonyl (C=O) groups excluding carboxylic acids is 2. The van der Waals surface area contributed by atoms with E-state index >= 15 is 0 Å². The highest BCUT2D eigenvalue weighted by Gasteiger charge is 2.29. The van der Waals surface area contributed by atoms with Crippen LogP contribution in [0.5, 0.6) is 5.75 Å². The van der Waals surface area contributed by atoms with Crippen molar-refractivity contribution in [3.8, 4) is 5.75 Å². The zero-order chi connectivity index (χ0) is 17.9. The summed E-state index contributed by atoms with van der Waals surface area (Å²) in [4.78, 5) is 23.4. The second kappa shape index (κ2) is 7.71. The number of sulfone groups is 1. The van der Waals surface area contributed by atoms with Gasteiger partial charge in [0.25, 0.3) is 5.91 Å². The van der Waals surface area contributed by atoms with Crippen molar-refractivity contribution in [3.05, 3.63) is 27.2 Å². The molecular weight excluding hydrogens is 424 g/mol. The number of carbonyl (C=O) groups is 2. The lowest BCUT2D eigenvalue weighted by Crippen LogP contribution is -2.46. The second-order valence-corrected chi connectivity index (χ2v) is 9.00. The number of hydrogen-bond acceptors (Lipinski definition) is 5. The first kappa shape index (κ1) is 19.0. The number of hydrogen-bond donors (Lipinski definition) is 2. The SMILES string of the molecule is Cc1cc(Br)cc(Cl)c1OCC(=O)NC(=O)NC1CCS(=O)(=O)C1. The number of rotatable bonds is 4. The van der Waals surface area contributed by atoms with Gasteiger partial charge in [0.1, 0.15) is 5.75 Å². The molecule has 10 heteroatoms. The third-order valence-electron chi connectivity index (χ3n) is 3.36. The summed E-state index contributed by atoms with van der Waals surface area (Å²) in [5.41, 5.74) is 0.739. The molecular formula is C14H16BrClN2O5S. The summed E-state index contributed by atoms with van der Waals surface area (Å²) in [6.45, 7) is 1.38. The summed E-state index contributed by atoms with van der Waals surface area (Å²) >= 11 is 9.34. The molecule has 0 aliphatic carbocycles. The van der Waals surface area contributed by atoms with E-state index in [0.29, 0.717) is 17.2 Å². The molecule has 1 heterocycles. The maximum atomic E-state index is 11.7. The van der Waals surface area contributed by atoms with Crippen LogP contribution in [0.4, 0.5) is 4.79 Å². The molecule has 2 rings (SSSR count). The molecule has 0 spiro atoms. The monoisotopic (exact) mass is 438 g/mol. The standard InChI is InChI=1S/C14H16BrClN2O5S/c1-8-4-9(15)5-11(16)13(8)23-6-12(19)18-14(20)17-10-2-3-24(21,22)7-10/h4-5,10H,2-3,6-7H2,1H3,(H2,17,18,19,20). The number of nitrogens with one attached hydrogen (secondary N) is 2. The van der Waals surface area contributed by atoms with Crippen molar-refractivity contribution in [1.29, 1.82) is 0 Å². The Labute approximate surface area is 153 Å². The maximum Gasteiger partial charge on any atom is 0.321 e. The second-order valence-electron chi connectivity index (χ2n) is 5.44. The van der Waals surface area contributed by atoms with E-state index in [1.165, 1.54) is 0 Å². The van der Waals surface area contributed by atoms with Crippen molar-refractivity contribution in [3.63, 3.8) is 0 Å². The molecule has 1 aromatic carbocycles. The van der Waals surface area contributed by atoms with Gasteiger partial charge in [-0.1, -0.05) is 27.5 Å². The van der Waals surface area contributed by atoms with E-state index in [4.69, 9.17) is 16.3 Å². The highest BCUT2D eigenvalue weighted by molar-refractivity contribution is 9.10. The first-order valence-corrected chi connectivity index (χ1v) is 10.0. The fourth-order valence-corrected chi connectivity index (χ4v) is 5.00. The molecule has 0 saturated carbocycles. The zero-order valence-corrected chi connectivity index (χ0v) is 15.9. The number of ether oxygens (including phenoxy) is 1. The highest BCUT2D eigenvalue weighted by Crippen LogP contribution is 2.31. The first-order valence-electron chi connectivity index (χ1n) is 7.05. The summed E-state index contributed by atoms with van der Waals surface area (Å²) in [6.07, 6.45) is 0.341. The molecule has 1 aliphatic rings. The van der Waals surface area contributed by atoms with Gasteiger partial charge in [-0.15, -0.1) is 0 Å². The van der Waals surface area contributed by atoms with E-state index in [0.717, 1.165) is 10.0 Å². The van der Waals surface area contributed by atoms with Crippen LogP contribution in [0.3, 0.4) is 0 Å². The number of aryl methyl sites for hydroxylation is 1. The van der Waals surface area contributed by atoms with Crippen LogP contribution in [0.15, 0.2) is 16.6 Å². The summed E-state index contributed by atoms with van der Waals surface area (Å²) in [5.74, 6) is -0.376. The Morgan fingerprint density at radius 1 is 1.42 bits per heavy atom. The van der Waals surface area contributed by atoms with Gasteiger partial charge in [0.15, 0.2) is 16.4 Å². The van der Waals surface area contributed by atoms with Crippen LogP contribution in [0.1, 0.15) is 12.0 Å². The lowest BCUT2D eigenvalue weighted by atomic mass is 10.2. The van der Waals surface area contributed by atoms with Gasteiger partial charge < -0.3 is 10.1 Å². The van der Waals surface area contributed by atoms with Crippen molar-refractivity contribution in [1.82, 2.24) is 10.6 Å². The van der Waals surface area contributed by atoms with Crippen LogP contribution in [-0.4, -0.2) is 44.5 Å². The molecule has 1 aliphatic heterocycles. The van der Waals surface area contributed by atoms with Crippen LogP contribution >= 0.6 is 27.5 Å². The molecule has 24 heavy (non-hydrogen) atoms. The number of benzene rings is 1. The van der Waals surface area contributed by atoms with Crippen molar-refractivity contribution in [2.45, 2.75) is 19.4 Å². The first-order chi connectivity index (χ1) is 11.2. The van der Waals surface area contributed by atoms with Crippen LogP contribution < -0.4 is 15.4 Å². The van der Waals surface area contributed by atoms with Crippen molar-refractivity contribution in [2.75, 3.05) is 18.1 Å². The molecule has 7 nitrogen and oxygen atoms in total. The largest absolute Gasteiger partial charge is 0.482 e. The summed E-state index contributed by atoms with van der Waals surface area (Å²) in [7, 11) is -3.10. The molecule has 1 atom stereocenters. The van der Waals surface area contributed by atoms with Gasteiger partial charge in [-0.05, 0) is 31.0 Å². The molecule has 0 radical (unpaired) electrons. The van der Waals surface area contributed by atoms with E-state index < -0.39 is 34.4 Å². The molecule has 0 aromatic heterocycles. The van der Waals surface area contributed by atoms with E-state index in [1.807, 2.05) is 0 Å². The van der Waals surface area contributed by atoms with Crippen LogP contribution in [0.25, 0.3) is 0 Å². The molecule has 2 N–H and O–H groups in total. The third-order valence-corrected chi connectivity index (χ3v) is 5.87. The molecule has 132 valence electrons. The number of imide groups is 1. The molecule has 0 bridgehead atoms. The third kappa shape index (κ3) is 5.35. The quantitative estimate of drug-likeness (QED) is 0.745. The molecule has 1 unspecified atom stereocenters. The fraction of sp³-hybridized carbons (Fsp3) is 0.429. The van der Waals surface area contributed by atoms with Crippen molar-refractivity contribution < 1.29 is 22.7 Å². The zero-order valence-electron chi connectivity index (χ0n) is 12.8. The predicted molar refractivity (Wildman–Crippen MR) is 93.1 cm³/mol. The van der Waals surface area contributed by atoms with E-state index in [1.54, 1.807) is 19.1 Å². The topological polar surface area (TPSA) is 102 Å². The average molecular weight is 440 g/mol.